The summed E-state index contributed by atoms with van der Waals surface area (Å²) in [5.74, 6) is -0.174. The predicted molar refractivity (Wildman–Crippen MR) is 148 cm³/mol. The molecule has 0 aromatic carbocycles. The van der Waals surface area contributed by atoms with Gasteiger partial charge in [0.2, 0.25) is 0 Å². The number of hydrogen-bond acceptors (Lipinski definition) is 3. The molecule has 34 heavy (non-hydrogen) atoms. The number of aliphatic hydroxyl groups excluding tert-OH is 1. The number of methoxy groups -OCH3 is 1. The molecule has 0 radical (unpaired) electrons. The van der Waals surface area contributed by atoms with Gasteiger partial charge in [0.1, 0.15) is 0 Å². The molecule has 0 aliphatic carbocycles. The number of esters is 1. The second-order valence-electron chi connectivity index (χ2n) is 10.7. The van der Waals surface area contributed by atoms with E-state index in [1.165, 1.54) is 148 Å². The molecule has 0 heterocycles. The molecule has 3 nitrogen and oxygen atoms in total. The van der Waals surface area contributed by atoms with Gasteiger partial charge in [0.25, 0.3) is 0 Å². The van der Waals surface area contributed by atoms with Gasteiger partial charge in [-0.25, -0.2) is 0 Å². The summed E-state index contributed by atoms with van der Waals surface area (Å²) in [6, 6.07) is 0. The maximum Gasteiger partial charge on any atom is 0.305 e. The van der Waals surface area contributed by atoms with Crippen LogP contribution in [0.1, 0.15) is 180 Å². The monoisotopic (exact) mass is 482 g/mol. The van der Waals surface area contributed by atoms with Crippen LogP contribution in [0.4, 0.5) is 0 Å². The molecule has 0 rings (SSSR count). The molecule has 1 N–H and O–H groups in total. The third-order valence-corrected chi connectivity index (χ3v) is 7.29. The fourth-order valence-electron chi connectivity index (χ4n) is 4.89. The van der Waals surface area contributed by atoms with Crippen LogP contribution < -0.4 is 0 Å². The van der Waals surface area contributed by atoms with Crippen LogP contribution >= 0.6 is 0 Å². The van der Waals surface area contributed by atoms with Crippen molar-refractivity contribution in [2.75, 3.05) is 7.11 Å². The van der Waals surface area contributed by atoms with Crippen LogP contribution in [0.5, 0.6) is 0 Å². The number of rotatable bonds is 28. The smallest absolute Gasteiger partial charge is 0.305 e. The number of aliphatic hydroxyl groups is 1. The van der Waals surface area contributed by atoms with Crippen molar-refractivity contribution in [1.29, 1.82) is 0 Å². The van der Waals surface area contributed by atoms with Crippen LogP contribution in [-0.2, 0) is 9.53 Å². The van der Waals surface area contributed by atoms with E-state index in [0.717, 1.165) is 19.3 Å². The van der Waals surface area contributed by atoms with Crippen LogP contribution in [0.25, 0.3) is 0 Å². The molecule has 3 heteroatoms. The summed E-state index contributed by atoms with van der Waals surface area (Å²) >= 11 is 0. The second-order valence-corrected chi connectivity index (χ2v) is 10.7. The summed E-state index contributed by atoms with van der Waals surface area (Å²) in [6.45, 7) is 2.29. The fourth-order valence-corrected chi connectivity index (χ4v) is 4.89. The van der Waals surface area contributed by atoms with E-state index in [0.29, 0.717) is 12.8 Å². The molecule has 1 atom stereocenters. The molecular formula is C31H62O3. The summed E-state index contributed by atoms with van der Waals surface area (Å²) < 4.78 is 4.62. The van der Waals surface area contributed by atoms with Crippen molar-refractivity contribution in [2.45, 2.75) is 186 Å². The van der Waals surface area contributed by atoms with Crippen molar-refractivity contribution in [3.05, 3.63) is 0 Å². The number of carbonyl (C=O) groups is 1. The maximum atomic E-state index is 11.1. The topological polar surface area (TPSA) is 46.5 Å². The minimum absolute atomic E-state index is 0.174. The minimum atomic E-state index is -0.250. The lowest BCUT2D eigenvalue weighted by atomic mass is 10.0. The Hall–Kier alpha value is -0.570. The molecular weight excluding hydrogens is 420 g/mol. The largest absolute Gasteiger partial charge is 0.469 e. The molecule has 204 valence electrons. The normalized spacial score (nSPS) is 12.2. The van der Waals surface area contributed by atoms with Crippen molar-refractivity contribution in [2.24, 2.45) is 0 Å². The van der Waals surface area contributed by atoms with Crippen LogP contribution in [0.15, 0.2) is 0 Å². The van der Waals surface area contributed by atoms with Crippen molar-refractivity contribution in [1.82, 2.24) is 0 Å². The molecule has 0 spiro atoms. The first-order chi connectivity index (χ1) is 16.7. The van der Waals surface area contributed by atoms with Gasteiger partial charge >= 0.3 is 5.97 Å². The summed E-state index contributed by atoms with van der Waals surface area (Å²) in [5.41, 5.74) is 0. The highest BCUT2D eigenvalue weighted by atomic mass is 16.5. The van der Waals surface area contributed by atoms with E-state index in [2.05, 4.69) is 11.7 Å². The third kappa shape index (κ3) is 27.7. The van der Waals surface area contributed by atoms with Crippen LogP contribution in [0.3, 0.4) is 0 Å². The lowest BCUT2D eigenvalue weighted by Gasteiger charge is -2.09. The molecule has 0 aliphatic rings. The number of hydrogen-bond donors (Lipinski definition) is 1. The third-order valence-electron chi connectivity index (χ3n) is 7.29. The highest BCUT2D eigenvalue weighted by Crippen LogP contribution is 2.16. The molecule has 0 aromatic rings. The Morgan fingerprint density at radius 2 is 0.824 bits per heavy atom. The van der Waals surface area contributed by atoms with E-state index < -0.39 is 0 Å². The molecule has 0 aliphatic heterocycles. The zero-order chi connectivity index (χ0) is 25.0. The van der Waals surface area contributed by atoms with Gasteiger partial charge in [0.05, 0.1) is 13.2 Å². The van der Waals surface area contributed by atoms with E-state index in [9.17, 15) is 9.90 Å². The summed E-state index contributed by atoms with van der Waals surface area (Å²) in [5, 5.41) is 9.95. The highest BCUT2D eigenvalue weighted by molar-refractivity contribution is 5.68. The Morgan fingerprint density at radius 1 is 0.529 bits per heavy atom. The molecule has 1 unspecified atom stereocenters. The lowest BCUT2D eigenvalue weighted by Crippen LogP contribution is -2.08. The van der Waals surface area contributed by atoms with Gasteiger partial charge in [0, 0.05) is 6.42 Å². The molecule has 0 amide bonds. The average molecular weight is 483 g/mol. The Labute approximate surface area is 214 Å². The fraction of sp³-hybridized carbons (Fsp3) is 0.968. The van der Waals surface area contributed by atoms with E-state index in [1.807, 2.05) is 0 Å². The molecule has 0 fully saturated rings. The standard InChI is InChI=1S/C31H62O3/c1-3-4-5-6-7-8-9-10-11-12-13-14-15-16-17-18-19-20-21-22-23-24-25-27-30(32)28-26-29-31(33)34-2/h30,32H,3-29H2,1-2H3. The van der Waals surface area contributed by atoms with Gasteiger partial charge in [-0.3, -0.25) is 4.79 Å². The highest BCUT2D eigenvalue weighted by Gasteiger charge is 2.06. The zero-order valence-corrected chi connectivity index (χ0v) is 23.4. The average Bonchev–Trinajstić information content (AvgIpc) is 2.84. The Morgan fingerprint density at radius 3 is 1.15 bits per heavy atom. The molecule has 0 saturated heterocycles. The second kappa shape index (κ2) is 28.7. The maximum absolute atomic E-state index is 11.1. The Kier molecular flexibility index (Phi) is 28.2. The number of ether oxygens (including phenoxy) is 1. The summed E-state index contributed by atoms with van der Waals surface area (Å²) in [6.07, 6.45) is 34.8. The van der Waals surface area contributed by atoms with Gasteiger partial charge in [-0.1, -0.05) is 155 Å². The first-order valence-corrected chi connectivity index (χ1v) is 15.5. The summed E-state index contributed by atoms with van der Waals surface area (Å²) in [4.78, 5) is 11.1. The number of carbonyl (C=O) groups excluding carboxylic acids is 1. The van der Waals surface area contributed by atoms with Gasteiger partial charge in [-0.15, -0.1) is 0 Å². The first kappa shape index (κ1) is 33.4. The van der Waals surface area contributed by atoms with Gasteiger partial charge < -0.3 is 9.84 Å². The minimum Gasteiger partial charge on any atom is -0.469 e. The van der Waals surface area contributed by atoms with Crippen molar-refractivity contribution >= 4 is 5.97 Å². The lowest BCUT2D eigenvalue weighted by molar-refractivity contribution is -0.140. The van der Waals surface area contributed by atoms with Crippen molar-refractivity contribution in [3.8, 4) is 0 Å². The van der Waals surface area contributed by atoms with E-state index >= 15 is 0 Å². The first-order valence-electron chi connectivity index (χ1n) is 15.5. The van der Waals surface area contributed by atoms with Gasteiger partial charge in [0.15, 0.2) is 0 Å². The van der Waals surface area contributed by atoms with Crippen LogP contribution in [0.2, 0.25) is 0 Å². The Balaban J connectivity index is 3.10. The quantitative estimate of drug-likeness (QED) is 0.0891. The summed E-state index contributed by atoms with van der Waals surface area (Å²) in [7, 11) is 1.42. The zero-order valence-electron chi connectivity index (χ0n) is 23.4. The molecule has 0 aromatic heterocycles. The molecule has 0 bridgehead atoms. The predicted octanol–water partition coefficient (Wildman–Crippen LogP) is 10.1. The van der Waals surface area contributed by atoms with Crippen molar-refractivity contribution in [3.63, 3.8) is 0 Å². The SMILES string of the molecule is CCCCCCCCCCCCCCCCCCCCCCCCCC(O)CCCC(=O)OC. The van der Waals surface area contributed by atoms with Crippen molar-refractivity contribution < 1.29 is 14.6 Å². The van der Waals surface area contributed by atoms with Crippen LogP contribution in [0, 0.1) is 0 Å². The number of unbranched alkanes of at least 4 members (excludes halogenated alkanes) is 22. The van der Waals surface area contributed by atoms with Crippen LogP contribution in [-0.4, -0.2) is 24.3 Å². The van der Waals surface area contributed by atoms with E-state index in [1.54, 1.807) is 0 Å². The van der Waals surface area contributed by atoms with E-state index in [4.69, 9.17) is 0 Å². The Bertz CT molecular complexity index is 396. The molecule has 0 saturated carbocycles. The van der Waals surface area contributed by atoms with Gasteiger partial charge in [-0.05, 0) is 19.3 Å². The van der Waals surface area contributed by atoms with E-state index in [-0.39, 0.29) is 12.1 Å². The van der Waals surface area contributed by atoms with Gasteiger partial charge in [-0.2, -0.15) is 0 Å².